The van der Waals surface area contributed by atoms with E-state index in [2.05, 4.69) is 10.1 Å². The van der Waals surface area contributed by atoms with Crippen molar-refractivity contribution < 1.29 is 9.53 Å². The van der Waals surface area contributed by atoms with Crippen molar-refractivity contribution in [2.75, 3.05) is 6.61 Å². The van der Waals surface area contributed by atoms with Gasteiger partial charge in [0.2, 0.25) is 0 Å². The summed E-state index contributed by atoms with van der Waals surface area (Å²) in [5.41, 5.74) is 0. The Morgan fingerprint density at radius 2 is 2.38 bits per heavy atom. The molecular weight excluding hydrogens is 170 g/mol. The number of carbonyl (C=O) groups is 1. The van der Waals surface area contributed by atoms with E-state index >= 15 is 0 Å². The third kappa shape index (κ3) is 2.27. The van der Waals surface area contributed by atoms with Crippen molar-refractivity contribution in [3.8, 4) is 0 Å². The first-order valence-electron chi connectivity index (χ1n) is 4.23. The van der Waals surface area contributed by atoms with E-state index in [-0.39, 0.29) is 11.9 Å². The molecule has 1 rings (SSSR count). The third-order valence-electron chi connectivity index (χ3n) is 1.50. The number of hydrogen-bond donors (Lipinski definition) is 0. The molecular formula is C8H13N3O2. The highest BCUT2D eigenvalue weighted by molar-refractivity contribution is 5.84. The molecule has 0 bridgehead atoms. The summed E-state index contributed by atoms with van der Waals surface area (Å²) in [6, 6.07) is 0.204. The number of carbonyl (C=O) groups excluding carboxylic acids is 1. The third-order valence-corrected chi connectivity index (χ3v) is 1.50. The Kier molecular flexibility index (Phi) is 3.00. The second kappa shape index (κ2) is 4.02. The molecule has 1 aromatic rings. The standard InChI is InChI=1S/C8H13N3O2/c1-4-13-8(12)7-9-5-11(10-7)6(2)3/h5-6H,4H2,1-3H3. The molecule has 1 heterocycles. The van der Waals surface area contributed by atoms with Crippen LogP contribution in [0.4, 0.5) is 0 Å². The Hall–Kier alpha value is -1.39. The topological polar surface area (TPSA) is 57.0 Å². The van der Waals surface area contributed by atoms with Gasteiger partial charge in [-0.05, 0) is 20.8 Å². The quantitative estimate of drug-likeness (QED) is 0.657. The van der Waals surface area contributed by atoms with Gasteiger partial charge in [-0.25, -0.2) is 14.5 Å². The summed E-state index contributed by atoms with van der Waals surface area (Å²) >= 11 is 0. The van der Waals surface area contributed by atoms with Crippen LogP contribution in [-0.2, 0) is 4.74 Å². The average molecular weight is 183 g/mol. The summed E-state index contributed by atoms with van der Waals surface area (Å²) in [7, 11) is 0. The molecule has 5 nitrogen and oxygen atoms in total. The lowest BCUT2D eigenvalue weighted by molar-refractivity contribution is 0.0511. The molecule has 0 N–H and O–H groups in total. The van der Waals surface area contributed by atoms with Gasteiger partial charge in [-0.3, -0.25) is 0 Å². The molecule has 72 valence electrons. The summed E-state index contributed by atoms with van der Waals surface area (Å²) in [6.45, 7) is 6.01. The van der Waals surface area contributed by atoms with Gasteiger partial charge in [0, 0.05) is 6.04 Å². The molecule has 0 aliphatic heterocycles. The summed E-state index contributed by atoms with van der Waals surface area (Å²) in [5.74, 6) is -0.350. The van der Waals surface area contributed by atoms with Crippen molar-refractivity contribution in [1.29, 1.82) is 0 Å². The predicted octanol–water partition coefficient (Wildman–Crippen LogP) is 1.04. The van der Waals surface area contributed by atoms with E-state index in [1.807, 2.05) is 13.8 Å². The maximum absolute atomic E-state index is 11.1. The molecule has 0 saturated heterocycles. The van der Waals surface area contributed by atoms with Crippen LogP contribution in [-0.4, -0.2) is 27.3 Å². The molecule has 0 unspecified atom stereocenters. The normalized spacial score (nSPS) is 10.5. The second-order valence-corrected chi connectivity index (χ2v) is 2.86. The van der Waals surface area contributed by atoms with Crippen molar-refractivity contribution >= 4 is 5.97 Å². The lowest BCUT2D eigenvalue weighted by atomic mass is 10.4. The molecule has 0 fully saturated rings. The summed E-state index contributed by atoms with van der Waals surface area (Å²) in [4.78, 5) is 15.0. The molecule has 13 heavy (non-hydrogen) atoms. The van der Waals surface area contributed by atoms with Crippen molar-refractivity contribution in [3.05, 3.63) is 12.2 Å². The van der Waals surface area contributed by atoms with Crippen molar-refractivity contribution in [1.82, 2.24) is 14.8 Å². The van der Waals surface area contributed by atoms with Crippen LogP contribution in [0.1, 0.15) is 37.4 Å². The summed E-state index contributed by atoms with van der Waals surface area (Å²) < 4.78 is 6.36. The Morgan fingerprint density at radius 1 is 1.69 bits per heavy atom. The molecule has 0 aromatic carbocycles. The molecule has 0 aliphatic rings. The second-order valence-electron chi connectivity index (χ2n) is 2.86. The first-order valence-corrected chi connectivity index (χ1v) is 4.23. The van der Waals surface area contributed by atoms with E-state index in [1.165, 1.54) is 6.33 Å². The Morgan fingerprint density at radius 3 is 2.85 bits per heavy atom. The lowest BCUT2D eigenvalue weighted by Gasteiger charge is -2.01. The predicted molar refractivity (Wildman–Crippen MR) is 46.4 cm³/mol. The zero-order chi connectivity index (χ0) is 9.84. The molecule has 0 atom stereocenters. The van der Waals surface area contributed by atoms with Crippen molar-refractivity contribution in [3.63, 3.8) is 0 Å². The highest BCUT2D eigenvalue weighted by atomic mass is 16.5. The fourth-order valence-electron chi connectivity index (χ4n) is 0.813. The van der Waals surface area contributed by atoms with Gasteiger partial charge in [0.1, 0.15) is 6.33 Å². The van der Waals surface area contributed by atoms with E-state index in [0.29, 0.717) is 6.61 Å². The Bertz CT molecular complexity index is 293. The number of hydrogen-bond acceptors (Lipinski definition) is 4. The van der Waals surface area contributed by atoms with Crippen LogP contribution in [0.25, 0.3) is 0 Å². The molecule has 5 heteroatoms. The van der Waals surface area contributed by atoms with Crippen molar-refractivity contribution in [2.24, 2.45) is 0 Å². The summed E-state index contributed by atoms with van der Waals surface area (Å²) in [5, 5.41) is 3.96. The first kappa shape index (κ1) is 9.70. The molecule has 0 aliphatic carbocycles. The van der Waals surface area contributed by atoms with E-state index in [9.17, 15) is 4.79 Å². The van der Waals surface area contributed by atoms with Crippen LogP contribution in [0.3, 0.4) is 0 Å². The minimum absolute atomic E-state index is 0.121. The van der Waals surface area contributed by atoms with Crippen LogP contribution in [0.5, 0.6) is 0 Å². The monoisotopic (exact) mass is 183 g/mol. The smallest absolute Gasteiger partial charge is 0.378 e. The lowest BCUT2D eigenvalue weighted by Crippen LogP contribution is -2.08. The van der Waals surface area contributed by atoms with Gasteiger partial charge < -0.3 is 4.74 Å². The van der Waals surface area contributed by atoms with E-state index < -0.39 is 5.97 Å². The maximum Gasteiger partial charge on any atom is 0.378 e. The molecule has 0 saturated carbocycles. The SMILES string of the molecule is CCOC(=O)c1ncn(C(C)C)n1. The minimum atomic E-state index is -0.470. The maximum atomic E-state index is 11.1. The van der Waals surface area contributed by atoms with Crippen LogP contribution in [0.15, 0.2) is 6.33 Å². The van der Waals surface area contributed by atoms with Crippen LogP contribution in [0, 0.1) is 0 Å². The molecule has 0 amide bonds. The molecule has 0 radical (unpaired) electrons. The van der Waals surface area contributed by atoms with Crippen LogP contribution < -0.4 is 0 Å². The zero-order valence-electron chi connectivity index (χ0n) is 8.02. The van der Waals surface area contributed by atoms with Gasteiger partial charge in [-0.2, -0.15) is 0 Å². The first-order chi connectivity index (χ1) is 6.15. The van der Waals surface area contributed by atoms with E-state index in [4.69, 9.17) is 4.74 Å². The van der Waals surface area contributed by atoms with Gasteiger partial charge in [-0.1, -0.05) is 0 Å². The summed E-state index contributed by atoms with van der Waals surface area (Å²) in [6.07, 6.45) is 1.52. The highest BCUT2D eigenvalue weighted by Gasteiger charge is 2.12. The minimum Gasteiger partial charge on any atom is -0.460 e. The Labute approximate surface area is 76.7 Å². The van der Waals surface area contributed by atoms with Gasteiger partial charge in [-0.15, -0.1) is 5.10 Å². The van der Waals surface area contributed by atoms with Gasteiger partial charge >= 0.3 is 5.97 Å². The van der Waals surface area contributed by atoms with E-state index in [0.717, 1.165) is 0 Å². The number of aromatic nitrogens is 3. The Balaban J connectivity index is 2.73. The van der Waals surface area contributed by atoms with Gasteiger partial charge in [0.15, 0.2) is 0 Å². The number of nitrogens with zero attached hydrogens (tertiary/aromatic N) is 3. The van der Waals surface area contributed by atoms with Gasteiger partial charge in [0.05, 0.1) is 6.61 Å². The average Bonchev–Trinajstić information content (AvgIpc) is 2.52. The molecule has 1 aromatic heterocycles. The molecule has 0 spiro atoms. The zero-order valence-corrected chi connectivity index (χ0v) is 8.02. The number of rotatable bonds is 3. The fraction of sp³-hybridized carbons (Fsp3) is 0.625. The number of ether oxygens (including phenoxy) is 1. The number of esters is 1. The van der Waals surface area contributed by atoms with E-state index in [1.54, 1.807) is 11.6 Å². The fourth-order valence-corrected chi connectivity index (χ4v) is 0.813. The van der Waals surface area contributed by atoms with Crippen LogP contribution >= 0.6 is 0 Å². The highest BCUT2D eigenvalue weighted by Crippen LogP contribution is 2.01. The van der Waals surface area contributed by atoms with Crippen molar-refractivity contribution in [2.45, 2.75) is 26.8 Å². The van der Waals surface area contributed by atoms with Gasteiger partial charge in [0.25, 0.3) is 5.82 Å². The van der Waals surface area contributed by atoms with Crippen LogP contribution in [0.2, 0.25) is 0 Å². The largest absolute Gasteiger partial charge is 0.460 e.